The molecular formula is C16H26BrNO. The maximum absolute atomic E-state index is 5.47. The average molecular weight is 328 g/mol. The highest BCUT2D eigenvalue weighted by Gasteiger charge is 2.14. The Hall–Kier alpha value is -0.540. The molecule has 0 saturated heterocycles. The topological polar surface area (TPSA) is 12.5 Å². The van der Waals surface area contributed by atoms with Gasteiger partial charge in [0.25, 0.3) is 0 Å². The quantitative estimate of drug-likeness (QED) is 0.676. The van der Waals surface area contributed by atoms with Gasteiger partial charge in [0.05, 0.1) is 7.11 Å². The molecule has 108 valence electrons. The van der Waals surface area contributed by atoms with Gasteiger partial charge in [0.1, 0.15) is 5.75 Å². The fourth-order valence-electron chi connectivity index (χ4n) is 2.16. The van der Waals surface area contributed by atoms with Crippen molar-refractivity contribution in [2.45, 2.75) is 52.6 Å². The van der Waals surface area contributed by atoms with Crippen LogP contribution in [-0.4, -0.2) is 24.6 Å². The molecule has 0 aliphatic carbocycles. The molecule has 0 N–H and O–H groups in total. The van der Waals surface area contributed by atoms with Crippen molar-refractivity contribution in [3.05, 3.63) is 28.2 Å². The van der Waals surface area contributed by atoms with Crippen molar-refractivity contribution in [3.63, 3.8) is 0 Å². The third-order valence-corrected chi connectivity index (χ3v) is 4.12. The van der Waals surface area contributed by atoms with E-state index < -0.39 is 0 Å². The van der Waals surface area contributed by atoms with Crippen molar-refractivity contribution in [1.29, 1.82) is 0 Å². The van der Waals surface area contributed by atoms with E-state index >= 15 is 0 Å². The second kappa shape index (κ2) is 8.60. The predicted octanol–water partition coefficient (Wildman–Crippen LogP) is 4.86. The molecule has 1 unspecified atom stereocenters. The van der Waals surface area contributed by atoms with E-state index in [1.165, 1.54) is 24.8 Å². The number of unbranched alkanes of at least 4 members (excludes halogenated alkanes) is 1. The Labute approximate surface area is 126 Å². The number of benzene rings is 1. The summed E-state index contributed by atoms with van der Waals surface area (Å²) in [5.74, 6) is 0.980. The molecule has 1 atom stereocenters. The van der Waals surface area contributed by atoms with Crippen molar-refractivity contribution in [2.24, 2.45) is 0 Å². The van der Waals surface area contributed by atoms with Gasteiger partial charge in [-0.25, -0.2) is 0 Å². The Morgan fingerprint density at radius 2 is 2.05 bits per heavy atom. The van der Waals surface area contributed by atoms with Gasteiger partial charge in [-0.05, 0) is 44.5 Å². The fraction of sp³-hybridized carbons (Fsp3) is 0.625. The Kier molecular flexibility index (Phi) is 7.47. The molecule has 2 nitrogen and oxygen atoms in total. The first-order chi connectivity index (χ1) is 9.12. The molecule has 0 fully saturated rings. The number of halogens is 1. The molecule has 19 heavy (non-hydrogen) atoms. The van der Waals surface area contributed by atoms with Gasteiger partial charge in [0.15, 0.2) is 0 Å². The first-order valence-corrected chi connectivity index (χ1v) is 7.98. The van der Waals surface area contributed by atoms with E-state index in [0.29, 0.717) is 6.04 Å². The molecule has 1 rings (SSSR count). The van der Waals surface area contributed by atoms with E-state index in [2.05, 4.69) is 47.7 Å². The number of rotatable bonds is 8. The Bertz CT molecular complexity index is 381. The standard InChI is InChI=1S/C16H26BrNO/c1-5-7-10-18(13(3)6-2)12-14-11-15(17)8-9-16(14)19-4/h8-9,11,13H,5-7,10,12H2,1-4H3. The fourth-order valence-corrected chi connectivity index (χ4v) is 2.57. The minimum absolute atomic E-state index is 0.607. The molecule has 0 heterocycles. The summed E-state index contributed by atoms with van der Waals surface area (Å²) in [5, 5.41) is 0. The average Bonchev–Trinajstić information content (AvgIpc) is 2.42. The highest BCUT2D eigenvalue weighted by molar-refractivity contribution is 9.10. The van der Waals surface area contributed by atoms with Crippen molar-refractivity contribution < 1.29 is 4.74 Å². The minimum atomic E-state index is 0.607. The van der Waals surface area contributed by atoms with Crippen LogP contribution in [0.2, 0.25) is 0 Å². The predicted molar refractivity (Wildman–Crippen MR) is 85.8 cm³/mol. The Balaban J connectivity index is 2.85. The lowest BCUT2D eigenvalue weighted by molar-refractivity contribution is 0.190. The smallest absolute Gasteiger partial charge is 0.123 e. The number of hydrogen-bond acceptors (Lipinski definition) is 2. The van der Waals surface area contributed by atoms with Crippen LogP contribution in [0.15, 0.2) is 22.7 Å². The maximum atomic E-state index is 5.47. The zero-order valence-corrected chi connectivity index (χ0v) is 14.2. The molecular weight excluding hydrogens is 302 g/mol. The molecule has 3 heteroatoms. The summed E-state index contributed by atoms with van der Waals surface area (Å²) in [6.07, 6.45) is 3.67. The third kappa shape index (κ3) is 5.15. The van der Waals surface area contributed by atoms with E-state index in [1.807, 2.05) is 12.1 Å². The van der Waals surface area contributed by atoms with Crippen molar-refractivity contribution >= 4 is 15.9 Å². The summed E-state index contributed by atoms with van der Waals surface area (Å²) >= 11 is 3.55. The van der Waals surface area contributed by atoms with Gasteiger partial charge in [0, 0.05) is 22.6 Å². The van der Waals surface area contributed by atoms with Gasteiger partial charge in [-0.3, -0.25) is 4.90 Å². The van der Waals surface area contributed by atoms with Crippen molar-refractivity contribution in [2.75, 3.05) is 13.7 Å². The van der Waals surface area contributed by atoms with Crippen LogP contribution in [-0.2, 0) is 6.54 Å². The molecule has 0 radical (unpaired) electrons. The van der Waals surface area contributed by atoms with Crippen LogP contribution in [0.25, 0.3) is 0 Å². The largest absolute Gasteiger partial charge is 0.496 e. The molecule has 1 aromatic carbocycles. The second-order valence-electron chi connectivity index (χ2n) is 5.04. The highest BCUT2D eigenvalue weighted by Crippen LogP contribution is 2.25. The summed E-state index contributed by atoms with van der Waals surface area (Å²) in [4.78, 5) is 2.55. The van der Waals surface area contributed by atoms with Crippen LogP contribution in [0.3, 0.4) is 0 Å². The SMILES string of the molecule is CCCCN(Cc1cc(Br)ccc1OC)C(C)CC. The zero-order valence-electron chi connectivity index (χ0n) is 12.6. The van der Waals surface area contributed by atoms with Gasteiger partial charge < -0.3 is 4.74 Å². The number of hydrogen-bond donors (Lipinski definition) is 0. The van der Waals surface area contributed by atoms with E-state index in [4.69, 9.17) is 4.74 Å². The first kappa shape index (κ1) is 16.5. The van der Waals surface area contributed by atoms with Gasteiger partial charge in [0.2, 0.25) is 0 Å². The third-order valence-electron chi connectivity index (χ3n) is 3.63. The van der Waals surface area contributed by atoms with E-state index in [1.54, 1.807) is 7.11 Å². The molecule has 0 aliphatic rings. The van der Waals surface area contributed by atoms with E-state index in [-0.39, 0.29) is 0 Å². The summed E-state index contributed by atoms with van der Waals surface area (Å²) < 4.78 is 6.59. The van der Waals surface area contributed by atoms with Gasteiger partial charge in [-0.2, -0.15) is 0 Å². The van der Waals surface area contributed by atoms with Gasteiger partial charge >= 0.3 is 0 Å². The van der Waals surface area contributed by atoms with Crippen molar-refractivity contribution in [1.82, 2.24) is 4.90 Å². The molecule has 0 aromatic heterocycles. The number of methoxy groups -OCH3 is 1. The van der Waals surface area contributed by atoms with E-state index in [0.717, 1.165) is 23.3 Å². The van der Waals surface area contributed by atoms with Crippen LogP contribution in [0.5, 0.6) is 5.75 Å². The van der Waals surface area contributed by atoms with Crippen LogP contribution in [0.4, 0.5) is 0 Å². The minimum Gasteiger partial charge on any atom is -0.496 e. The van der Waals surface area contributed by atoms with Crippen LogP contribution in [0.1, 0.15) is 45.6 Å². The summed E-state index contributed by atoms with van der Waals surface area (Å²) in [5.41, 5.74) is 1.26. The summed E-state index contributed by atoms with van der Waals surface area (Å²) in [7, 11) is 1.74. The Morgan fingerprint density at radius 3 is 2.63 bits per heavy atom. The first-order valence-electron chi connectivity index (χ1n) is 7.18. The van der Waals surface area contributed by atoms with Crippen LogP contribution in [0, 0.1) is 0 Å². The zero-order chi connectivity index (χ0) is 14.3. The monoisotopic (exact) mass is 327 g/mol. The molecule has 1 aromatic rings. The molecule has 0 bridgehead atoms. The van der Waals surface area contributed by atoms with Gasteiger partial charge in [-0.1, -0.05) is 36.2 Å². The normalized spacial score (nSPS) is 12.7. The maximum Gasteiger partial charge on any atom is 0.123 e. The molecule has 0 spiro atoms. The number of nitrogens with zero attached hydrogens (tertiary/aromatic N) is 1. The van der Waals surface area contributed by atoms with Gasteiger partial charge in [-0.15, -0.1) is 0 Å². The molecule has 0 saturated carbocycles. The lowest BCUT2D eigenvalue weighted by Gasteiger charge is -2.29. The van der Waals surface area contributed by atoms with Crippen LogP contribution >= 0.6 is 15.9 Å². The summed E-state index contributed by atoms with van der Waals surface area (Å²) in [6.45, 7) is 8.91. The lowest BCUT2D eigenvalue weighted by Crippen LogP contribution is -2.33. The molecule has 0 aliphatic heterocycles. The van der Waals surface area contributed by atoms with Crippen LogP contribution < -0.4 is 4.74 Å². The highest BCUT2D eigenvalue weighted by atomic mass is 79.9. The Morgan fingerprint density at radius 1 is 1.32 bits per heavy atom. The van der Waals surface area contributed by atoms with Crippen molar-refractivity contribution in [3.8, 4) is 5.75 Å². The molecule has 0 amide bonds. The summed E-state index contributed by atoms with van der Waals surface area (Å²) in [6, 6.07) is 6.84. The van der Waals surface area contributed by atoms with E-state index in [9.17, 15) is 0 Å². The second-order valence-corrected chi connectivity index (χ2v) is 5.95. The lowest BCUT2D eigenvalue weighted by atomic mass is 10.1. The number of ether oxygens (including phenoxy) is 1.